The van der Waals surface area contributed by atoms with Crippen LogP contribution in [0.2, 0.25) is 0 Å². The summed E-state index contributed by atoms with van der Waals surface area (Å²) >= 11 is 1.22. The van der Waals surface area contributed by atoms with Crippen LogP contribution in [0.3, 0.4) is 0 Å². The Morgan fingerprint density at radius 3 is 2.48 bits per heavy atom. The van der Waals surface area contributed by atoms with E-state index in [9.17, 15) is 17.2 Å². The average Bonchev–Trinajstić information content (AvgIpc) is 2.40. The van der Waals surface area contributed by atoms with Crippen molar-refractivity contribution in [2.45, 2.75) is 17.0 Å². The lowest BCUT2D eigenvalue weighted by Gasteiger charge is -2.08. The monoisotopic (exact) mass is 332 g/mol. The highest BCUT2D eigenvalue weighted by atomic mass is 32.2. The maximum atomic E-state index is 13.1. The standard InChI is InChI=1S/C12H10F2N2O3S2/c1-7-5-11(16-12(15-7)20-2)19-21(17,18)8-3-4-9(13)10(14)6-8/h3-6H,1-2H3. The second-order valence-corrected chi connectivity index (χ2v) is 6.27. The van der Waals surface area contributed by atoms with Gasteiger partial charge in [-0.3, -0.25) is 0 Å². The molecule has 0 aliphatic heterocycles. The van der Waals surface area contributed by atoms with Gasteiger partial charge in [-0.25, -0.2) is 13.8 Å². The average molecular weight is 332 g/mol. The fourth-order valence-electron chi connectivity index (χ4n) is 1.44. The van der Waals surface area contributed by atoms with Crippen LogP contribution in [0, 0.1) is 18.6 Å². The van der Waals surface area contributed by atoms with Crippen molar-refractivity contribution in [3.05, 3.63) is 41.6 Å². The molecule has 21 heavy (non-hydrogen) atoms. The highest BCUT2D eigenvalue weighted by Crippen LogP contribution is 2.21. The fraction of sp³-hybridized carbons (Fsp3) is 0.167. The third-order valence-electron chi connectivity index (χ3n) is 2.37. The van der Waals surface area contributed by atoms with Gasteiger partial charge in [-0.1, -0.05) is 11.8 Å². The normalized spacial score (nSPS) is 11.4. The Bertz CT molecular complexity index is 782. The van der Waals surface area contributed by atoms with Crippen molar-refractivity contribution >= 4 is 21.9 Å². The van der Waals surface area contributed by atoms with Crippen LogP contribution in [0.15, 0.2) is 34.3 Å². The van der Waals surface area contributed by atoms with E-state index in [1.54, 1.807) is 13.2 Å². The van der Waals surface area contributed by atoms with Gasteiger partial charge in [0.1, 0.15) is 4.90 Å². The molecule has 9 heteroatoms. The van der Waals surface area contributed by atoms with Crippen LogP contribution < -0.4 is 4.18 Å². The van der Waals surface area contributed by atoms with Gasteiger partial charge < -0.3 is 4.18 Å². The molecule has 0 aliphatic rings. The van der Waals surface area contributed by atoms with Crippen LogP contribution in [0.1, 0.15) is 5.69 Å². The van der Waals surface area contributed by atoms with Gasteiger partial charge >= 0.3 is 10.1 Å². The molecule has 0 aliphatic carbocycles. The maximum Gasteiger partial charge on any atom is 0.340 e. The number of aromatic nitrogens is 2. The SMILES string of the molecule is CSc1nc(C)cc(OS(=O)(=O)c2ccc(F)c(F)c2)n1. The number of rotatable bonds is 4. The van der Waals surface area contributed by atoms with Crippen molar-refractivity contribution in [3.63, 3.8) is 0 Å². The molecule has 0 saturated heterocycles. The zero-order valence-corrected chi connectivity index (χ0v) is 12.6. The van der Waals surface area contributed by atoms with Crippen molar-refractivity contribution in [3.8, 4) is 5.88 Å². The molecule has 0 bridgehead atoms. The molecular weight excluding hydrogens is 322 g/mol. The molecule has 1 aromatic heterocycles. The third-order valence-corrected chi connectivity index (χ3v) is 4.14. The number of aryl methyl sites for hydroxylation is 1. The molecule has 2 rings (SSSR count). The lowest BCUT2D eigenvalue weighted by atomic mass is 10.3. The van der Waals surface area contributed by atoms with Gasteiger partial charge in [0.2, 0.25) is 5.88 Å². The minimum absolute atomic E-state index is 0.184. The summed E-state index contributed by atoms with van der Waals surface area (Å²) in [4.78, 5) is 7.44. The van der Waals surface area contributed by atoms with Crippen LogP contribution >= 0.6 is 11.8 Å². The van der Waals surface area contributed by atoms with Crippen LogP contribution in [0.4, 0.5) is 8.78 Å². The second kappa shape index (κ2) is 5.94. The van der Waals surface area contributed by atoms with E-state index in [2.05, 4.69) is 9.97 Å². The zero-order chi connectivity index (χ0) is 15.6. The highest BCUT2D eigenvalue weighted by Gasteiger charge is 2.20. The molecule has 0 fully saturated rings. The Balaban J connectivity index is 2.37. The second-order valence-electron chi connectivity index (χ2n) is 3.95. The van der Waals surface area contributed by atoms with Crippen LogP contribution in [-0.2, 0) is 10.1 Å². The first-order valence-corrected chi connectivity index (χ1v) is 8.24. The summed E-state index contributed by atoms with van der Waals surface area (Å²) < 4.78 is 54.8. The summed E-state index contributed by atoms with van der Waals surface area (Å²) in [5, 5.41) is 0.338. The first-order chi connectivity index (χ1) is 9.81. The Labute approximate surface area is 124 Å². The summed E-state index contributed by atoms with van der Waals surface area (Å²) in [6.07, 6.45) is 1.72. The number of hydrogen-bond donors (Lipinski definition) is 0. The van der Waals surface area contributed by atoms with E-state index in [1.807, 2.05) is 0 Å². The van der Waals surface area contributed by atoms with Gasteiger partial charge in [0.05, 0.1) is 0 Å². The van der Waals surface area contributed by atoms with Gasteiger partial charge in [-0.05, 0) is 31.4 Å². The maximum absolute atomic E-state index is 13.1. The van der Waals surface area contributed by atoms with Crippen molar-refractivity contribution in [1.29, 1.82) is 0 Å². The summed E-state index contributed by atoms with van der Waals surface area (Å²) in [7, 11) is -4.30. The molecule has 0 saturated carbocycles. The summed E-state index contributed by atoms with van der Waals surface area (Å²) in [5.74, 6) is -2.60. The van der Waals surface area contributed by atoms with Gasteiger partial charge in [0.15, 0.2) is 16.8 Å². The molecule has 112 valence electrons. The van der Waals surface area contributed by atoms with E-state index in [0.29, 0.717) is 23.0 Å². The predicted octanol–water partition coefficient (Wildman–Crippen LogP) is 2.55. The molecule has 0 amide bonds. The quantitative estimate of drug-likeness (QED) is 0.487. The largest absolute Gasteiger partial charge is 0.358 e. The van der Waals surface area contributed by atoms with Crippen molar-refractivity contribution in [2.75, 3.05) is 6.26 Å². The van der Waals surface area contributed by atoms with Crippen molar-refractivity contribution in [1.82, 2.24) is 9.97 Å². The number of benzene rings is 1. The third kappa shape index (κ3) is 3.67. The van der Waals surface area contributed by atoms with Gasteiger partial charge in [0, 0.05) is 11.8 Å². The number of halogens is 2. The number of nitrogens with zero attached hydrogens (tertiary/aromatic N) is 2. The van der Waals surface area contributed by atoms with Crippen LogP contribution in [-0.4, -0.2) is 24.6 Å². The Kier molecular flexibility index (Phi) is 4.43. The van der Waals surface area contributed by atoms with E-state index in [4.69, 9.17) is 4.18 Å². The van der Waals surface area contributed by atoms with Gasteiger partial charge in [-0.2, -0.15) is 13.4 Å². The Morgan fingerprint density at radius 1 is 1.14 bits per heavy atom. The molecule has 0 N–H and O–H groups in total. The minimum atomic E-state index is -4.30. The van der Waals surface area contributed by atoms with Gasteiger partial charge in [0.25, 0.3) is 0 Å². The molecular formula is C12H10F2N2O3S2. The van der Waals surface area contributed by atoms with E-state index in [1.165, 1.54) is 17.8 Å². The van der Waals surface area contributed by atoms with E-state index in [-0.39, 0.29) is 5.88 Å². The highest BCUT2D eigenvalue weighted by molar-refractivity contribution is 7.98. The first-order valence-electron chi connectivity index (χ1n) is 5.61. The molecule has 2 aromatic rings. The summed E-state index contributed by atoms with van der Waals surface area (Å²) in [6, 6.07) is 3.51. The lowest BCUT2D eigenvalue weighted by molar-refractivity contribution is 0.467. The molecule has 0 spiro atoms. The van der Waals surface area contributed by atoms with E-state index in [0.717, 1.165) is 6.07 Å². The molecule has 0 unspecified atom stereocenters. The summed E-state index contributed by atoms with van der Waals surface area (Å²) in [5.41, 5.74) is 0.518. The number of thioether (sulfide) groups is 1. The molecule has 0 atom stereocenters. The fourth-order valence-corrected chi connectivity index (χ4v) is 2.75. The zero-order valence-electron chi connectivity index (χ0n) is 11.0. The first kappa shape index (κ1) is 15.6. The Hall–Kier alpha value is -1.74. The molecule has 1 aromatic carbocycles. The molecule has 0 radical (unpaired) electrons. The lowest BCUT2D eigenvalue weighted by Crippen LogP contribution is -2.12. The summed E-state index contributed by atoms with van der Waals surface area (Å²) in [6.45, 7) is 1.65. The predicted molar refractivity (Wildman–Crippen MR) is 72.7 cm³/mol. The van der Waals surface area contributed by atoms with E-state index >= 15 is 0 Å². The smallest absolute Gasteiger partial charge is 0.340 e. The molecule has 5 nitrogen and oxygen atoms in total. The molecule has 1 heterocycles. The number of hydrogen-bond acceptors (Lipinski definition) is 6. The van der Waals surface area contributed by atoms with Gasteiger partial charge in [-0.15, -0.1) is 0 Å². The Morgan fingerprint density at radius 2 is 1.86 bits per heavy atom. The van der Waals surface area contributed by atoms with Crippen LogP contribution in [0.25, 0.3) is 0 Å². The minimum Gasteiger partial charge on any atom is -0.358 e. The topological polar surface area (TPSA) is 69.2 Å². The van der Waals surface area contributed by atoms with Crippen LogP contribution in [0.5, 0.6) is 5.88 Å². The van der Waals surface area contributed by atoms with E-state index < -0.39 is 26.6 Å². The van der Waals surface area contributed by atoms with Crippen molar-refractivity contribution in [2.24, 2.45) is 0 Å². The van der Waals surface area contributed by atoms with Crippen molar-refractivity contribution < 1.29 is 21.4 Å².